The Kier molecular flexibility index (Phi) is 4.14. The Labute approximate surface area is 143 Å². The summed E-state index contributed by atoms with van der Waals surface area (Å²) >= 11 is 3.44. The number of aromatic hydroxyl groups is 2. The van der Waals surface area contributed by atoms with Gasteiger partial charge in [-0.2, -0.15) is 0 Å². The number of allylic oxidation sites excluding steroid dienone is 2. The number of rotatable bonds is 2. The van der Waals surface area contributed by atoms with Crippen LogP contribution in [0, 0.1) is 0 Å². The Morgan fingerprint density at radius 1 is 1.48 bits per heavy atom. The van der Waals surface area contributed by atoms with Gasteiger partial charge in [0.15, 0.2) is 17.3 Å². The number of methoxy groups -OCH3 is 1. The molecular weight excluding hydrogens is 364 g/mol. The number of hydrogen-bond donors (Lipinski definition) is 2. The maximum absolute atomic E-state index is 12.8. The molecule has 1 heterocycles. The number of hydrogen-bond acceptors (Lipinski definition) is 5. The summed E-state index contributed by atoms with van der Waals surface area (Å²) in [4.78, 5) is 12.8. The van der Waals surface area contributed by atoms with E-state index in [1.807, 2.05) is 6.92 Å². The first kappa shape index (κ1) is 16.3. The van der Waals surface area contributed by atoms with Gasteiger partial charge in [-0.05, 0) is 26.2 Å². The van der Waals surface area contributed by atoms with Gasteiger partial charge in [0.2, 0.25) is 0 Å². The van der Waals surface area contributed by atoms with Crippen molar-refractivity contribution in [2.75, 3.05) is 12.4 Å². The molecule has 1 saturated heterocycles. The van der Waals surface area contributed by atoms with E-state index >= 15 is 0 Å². The smallest absolute Gasteiger partial charge is 0.198 e. The van der Waals surface area contributed by atoms with Gasteiger partial charge in [-0.25, -0.2) is 0 Å². The van der Waals surface area contributed by atoms with Gasteiger partial charge < -0.3 is 19.7 Å². The standard InChI is InChI=1S/C17H19BrO5/c1-17-5-3-4-9(8-18)6-10-13(15(21)16(17)23-17)11(19)7-12(22-2)14(10)20/h4,7,16,19-20H,3,5-6,8H2,1-2H3/b9-4+/t16-,17-/m1/s1. The van der Waals surface area contributed by atoms with Crippen molar-refractivity contribution in [1.82, 2.24) is 0 Å². The Morgan fingerprint density at radius 3 is 2.87 bits per heavy atom. The second-order valence-electron chi connectivity index (χ2n) is 6.19. The van der Waals surface area contributed by atoms with Crippen molar-refractivity contribution in [2.45, 2.75) is 37.9 Å². The number of carbonyl (C=O) groups excluding carboxylic acids is 1. The zero-order chi connectivity index (χ0) is 16.8. The second-order valence-corrected chi connectivity index (χ2v) is 6.75. The molecule has 2 atom stereocenters. The molecule has 0 bridgehead atoms. The monoisotopic (exact) mass is 382 g/mol. The maximum atomic E-state index is 12.8. The molecule has 0 spiro atoms. The third kappa shape index (κ3) is 2.74. The largest absolute Gasteiger partial charge is 0.507 e. The molecule has 2 aliphatic rings. The normalized spacial score (nSPS) is 29.1. The fourth-order valence-corrected chi connectivity index (χ4v) is 3.57. The molecule has 2 N–H and O–H groups in total. The van der Waals surface area contributed by atoms with Gasteiger partial charge in [0, 0.05) is 17.0 Å². The first-order chi connectivity index (χ1) is 10.9. The van der Waals surface area contributed by atoms with Gasteiger partial charge in [0.05, 0.1) is 12.7 Å². The SMILES string of the molecule is COc1cc(O)c2c(c1O)C/C(CBr)=C\CC[C@@]1(C)O[C@@H]1C2=O. The number of ketones is 1. The number of Topliss-reactive ketones (excluding diaryl/α,β-unsaturated/α-hetero) is 1. The molecule has 6 heteroatoms. The Morgan fingerprint density at radius 2 is 2.22 bits per heavy atom. The van der Waals surface area contributed by atoms with Gasteiger partial charge in [-0.3, -0.25) is 4.79 Å². The highest BCUT2D eigenvalue weighted by Crippen LogP contribution is 2.47. The molecule has 0 aromatic heterocycles. The molecular formula is C17H19BrO5. The average molecular weight is 383 g/mol. The van der Waals surface area contributed by atoms with Crippen LogP contribution in [0.25, 0.3) is 0 Å². The van der Waals surface area contributed by atoms with Crippen LogP contribution in [0.4, 0.5) is 0 Å². The summed E-state index contributed by atoms with van der Waals surface area (Å²) in [6.07, 6.45) is 3.44. The van der Waals surface area contributed by atoms with E-state index in [4.69, 9.17) is 9.47 Å². The first-order valence-electron chi connectivity index (χ1n) is 7.49. The molecule has 23 heavy (non-hydrogen) atoms. The Hall–Kier alpha value is -1.53. The number of phenols is 2. The molecule has 1 aliphatic carbocycles. The van der Waals surface area contributed by atoms with Crippen molar-refractivity contribution in [3.63, 3.8) is 0 Å². The predicted octanol–water partition coefficient (Wildman–Crippen LogP) is 3.10. The van der Waals surface area contributed by atoms with Crippen molar-refractivity contribution in [2.24, 2.45) is 0 Å². The van der Waals surface area contributed by atoms with E-state index in [1.165, 1.54) is 13.2 Å². The first-order valence-corrected chi connectivity index (χ1v) is 8.61. The summed E-state index contributed by atoms with van der Waals surface area (Å²) < 4.78 is 10.7. The zero-order valence-corrected chi connectivity index (χ0v) is 14.6. The lowest BCUT2D eigenvalue weighted by molar-refractivity contribution is 0.0949. The van der Waals surface area contributed by atoms with E-state index < -0.39 is 11.7 Å². The second kappa shape index (κ2) is 5.83. The number of halogens is 1. The van der Waals surface area contributed by atoms with Crippen LogP contribution in [0.1, 0.15) is 35.7 Å². The number of ether oxygens (including phenoxy) is 2. The van der Waals surface area contributed by atoms with E-state index in [1.54, 1.807) is 0 Å². The van der Waals surface area contributed by atoms with Crippen LogP contribution in [0.3, 0.4) is 0 Å². The van der Waals surface area contributed by atoms with Gasteiger partial charge in [-0.15, -0.1) is 0 Å². The third-order valence-corrected chi connectivity index (χ3v) is 5.30. The minimum atomic E-state index is -0.570. The average Bonchev–Trinajstić information content (AvgIpc) is 3.20. The van der Waals surface area contributed by atoms with Gasteiger partial charge >= 0.3 is 0 Å². The third-order valence-electron chi connectivity index (χ3n) is 4.58. The highest BCUT2D eigenvalue weighted by Gasteiger charge is 2.57. The molecule has 0 radical (unpaired) electrons. The fourth-order valence-electron chi connectivity index (χ4n) is 3.14. The van der Waals surface area contributed by atoms with Crippen LogP contribution >= 0.6 is 15.9 Å². The summed E-state index contributed by atoms with van der Waals surface area (Å²) in [6, 6.07) is 1.27. The molecule has 1 fully saturated rings. The molecule has 0 saturated carbocycles. The highest BCUT2D eigenvalue weighted by molar-refractivity contribution is 9.09. The summed E-state index contributed by atoms with van der Waals surface area (Å²) in [7, 11) is 1.41. The van der Waals surface area contributed by atoms with Crippen LogP contribution in [0.5, 0.6) is 17.2 Å². The topological polar surface area (TPSA) is 79.3 Å². The highest BCUT2D eigenvalue weighted by atomic mass is 79.9. The molecule has 1 aliphatic heterocycles. The molecule has 124 valence electrons. The number of phenolic OH excluding ortho intramolecular Hbond substituents is 2. The van der Waals surface area contributed by atoms with Crippen molar-refractivity contribution in [3.8, 4) is 17.2 Å². The molecule has 1 aromatic rings. The number of benzene rings is 1. The van der Waals surface area contributed by atoms with Gasteiger partial charge in [0.1, 0.15) is 17.5 Å². The summed E-state index contributed by atoms with van der Waals surface area (Å²) in [6.45, 7) is 1.90. The molecule has 3 rings (SSSR count). The minimum absolute atomic E-state index is 0.108. The predicted molar refractivity (Wildman–Crippen MR) is 88.7 cm³/mol. The maximum Gasteiger partial charge on any atom is 0.198 e. The van der Waals surface area contributed by atoms with Gasteiger partial charge in [0.25, 0.3) is 0 Å². The molecule has 0 amide bonds. The molecule has 0 unspecified atom stereocenters. The van der Waals surface area contributed by atoms with Crippen LogP contribution in [-0.2, 0) is 11.2 Å². The summed E-state index contributed by atoms with van der Waals surface area (Å²) in [5, 5.41) is 21.4. The number of alkyl halides is 1. The quantitative estimate of drug-likeness (QED) is 0.355. The molecule has 5 nitrogen and oxygen atoms in total. The van der Waals surface area contributed by atoms with E-state index in [0.717, 1.165) is 18.4 Å². The lowest BCUT2D eigenvalue weighted by atomic mass is 9.88. The van der Waals surface area contributed by atoms with Crippen molar-refractivity contribution >= 4 is 21.7 Å². The zero-order valence-electron chi connectivity index (χ0n) is 13.1. The van der Waals surface area contributed by atoms with Crippen molar-refractivity contribution < 1.29 is 24.5 Å². The van der Waals surface area contributed by atoms with E-state index in [9.17, 15) is 15.0 Å². The lowest BCUT2D eigenvalue weighted by Crippen LogP contribution is -2.20. The summed E-state index contributed by atoms with van der Waals surface area (Å²) in [5.41, 5.74) is 1.05. The van der Waals surface area contributed by atoms with Crippen LogP contribution in [0.15, 0.2) is 17.7 Å². The van der Waals surface area contributed by atoms with Crippen LogP contribution < -0.4 is 4.74 Å². The van der Waals surface area contributed by atoms with Crippen molar-refractivity contribution in [3.05, 3.63) is 28.8 Å². The Balaban J connectivity index is 2.18. The number of fused-ring (bicyclic) bond motifs is 2. The minimum Gasteiger partial charge on any atom is -0.507 e. The van der Waals surface area contributed by atoms with E-state index in [0.29, 0.717) is 17.3 Å². The number of epoxide rings is 1. The molecule has 1 aromatic carbocycles. The van der Waals surface area contributed by atoms with E-state index in [-0.39, 0.29) is 28.6 Å². The van der Waals surface area contributed by atoms with Crippen molar-refractivity contribution in [1.29, 1.82) is 0 Å². The van der Waals surface area contributed by atoms with Gasteiger partial charge in [-0.1, -0.05) is 27.6 Å². The Bertz CT molecular complexity index is 697. The van der Waals surface area contributed by atoms with Crippen LogP contribution in [0.2, 0.25) is 0 Å². The fraction of sp³-hybridized carbons (Fsp3) is 0.471. The van der Waals surface area contributed by atoms with Crippen LogP contribution in [-0.4, -0.2) is 40.1 Å². The van der Waals surface area contributed by atoms with E-state index in [2.05, 4.69) is 22.0 Å². The number of carbonyl (C=O) groups is 1. The summed E-state index contributed by atoms with van der Waals surface area (Å²) in [5.74, 6) is -0.427. The lowest BCUT2D eigenvalue weighted by Gasteiger charge is -2.17.